The minimum absolute atomic E-state index is 0.259. The number of nitrogens with one attached hydrogen (secondary N) is 1. The van der Waals surface area contributed by atoms with Crippen molar-refractivity contribution in [3.05, 3.63) is 52.6 Å². The van der Waals surface area contributed by atoms with Crippen LogP contribution in [0.4, 0.5) is 0 Å². The van der Waals surface area contributed by atoms with Crippen LogP contribution >= 0.6 is 0 Å². The van der Waals surface area contributed by atoms with Gasteiger partial charge in [-0.1, -0.05) is 23.8 Å². The Morgan fingerprint density at radius 1 is 1.00 bits per heavy atom. The number of benzene rings is 2. The van der Waals surface area contributed by atoms with Gasteiger partial charge in [-0.15, -0.1) is 0 Å². The van der Waals surface area contributed by atoms with Gasteiger partial charge in [-0.25, -0.2) is 0 Å². The quantitative estimate of drug-likeness (QED) is 0.884. The topological polar surface area (TPSA) is 56.8 Å². The third kappa shape index (κ3) is 3.62. The lowest BCUT2D eigenvalue weighted by atomic mass is 10.1. The maximum Gasteiger partial charge on any atom is 0.259 e. The predicted octanol–water partition coefficient (Wildman–Crippen LogP) is 3.26. The van der Waals surface area contributed by atoms with Crippen LogP contribution in [-0.4, -0.2) is 27.2 Å². The molecule has 0 aromatic heterocycles. The van der Waals surface area contributed by atoms with Gasteiger partial charge in [0.15, 0.2) is 0 Å². The van der Waals surface area contributed by atoms with Gasteiger partial charge in [0.1, 0.15) is 22.8 Å². The molecule has 1 amide bonds. The van der Waals surface area contributed by atoms with E-state index >= 15 is 0 Å². The molecule has 0 heterocycles. The van der Waals surface area contributed by atoms with Crippen molar-refractivity contribution in [2.24, 2.45) is 0 Å². The Labute approximate surface area is 142 Å². The monoisotopic (exact) mass is 329 g/mol. The van der Waals surface area contributed by atoms with Crippen LogP contribution < -0.4 is 19.5 Å². The van der Waals surface area contributed by atoms with Crippen molar-refractivity contribution >= 4 is 5.91 Å². The van der Waals surface area contributed by atoms with E-state index < -0.39 is 0 Å². The summed E-state index contributed by atoms with van der Waals surface area (Å²) in [5, 5.41) is 2.91. The van der Waals surface area contributed by atoms with E-state index in [1.54, 1.807) is 25.3 Å². The lowest BCUT2D eigenvalue weighted by Crippen LogP contribution is -2.24. The molecule has 0 aliphatic heterocycles. The van der Waals surface area contributed by atoms with E-state index in [1.165, 1.54) is 14.2 Å². The van der Waals surface area contributed by atoms with Crippen LogP contribution in [0, 0.1) is 13.8 Å². The van der Waals surface area contributed by atoms with Crippen molar-refractivity contribution in [2.75, 3.05) is 21.3 Å². The summed E-state index contributed by atoms with van der Waals surface area (Å²) in [6.07, 6.45) is 0. The first-order chi connectivity index (χ1) is 11.5. The molecule has 2 aromatic rings. The number of methoxy groups -OCH3 is 3. The standard InChI is InChI=1S/C19H23NO4/c1-12-9-13(2)18(24-5)14(10-12)11-20-19(21)17-15(22-3)7-6-8-16(17)23-4/h6-10H,11H2,1-5H3,(H,20,21). The second kappa shape index (κ2) is 7.73. The number of hydrogen-bond acceptors (Lipinski definition) is 4. The average Bonchev–Trinajstić information content (AvgIpc) is 2.58. The van der Waals surface area contributed by atoms with E-state index in [1.807, 2.05) is 26.0 Å². The molecular formula is C19H23NO4. The van der Waals surface area contributed by atoms with Crippen LogP contribution in [0.2, 0.25) is 0 Å². The number of carbonyl (C=O) groups is 1. The Bertz CT molecular complexity index is 718. The largest absolute Gasteiger partial charge is 0.496 e. The molecule has 24 heavy (non-hydrogen) atoms. The first-order valence-electron chi connectivity index (χ1n) is 7.65. The summed E-state index contributed by atoms with van der Waals surface area (Å²) in [4.78, 5) is 12.6. The number of rotatable bonds is 6. The van der Waals surface area contributed by atoms with Crippen LogP contribution in [0.25, 0.3) is 0 Å². The zero-order valence-electron chi connectivity index (χ0n) is 14.7. The molecule has 128 valence electrons. The van der Waals surface area contributed by atoms with Crippen molar-refractivity contribution in [1.82, 2.24) is 5.32 Å². The van der Waals surface area contributed by atoms with Gasteiger partial charge in [0, 0.05) is 12.1 Å². The van der Waals surface area contributed by atoms with E-state index in [9.17, 15) is 4.79 Å². The van der Waals surface area contributed by atoms with E-state index in [2.05, 4.69) is 5.32 Å². The minimum Gasteiger partial charge on any atom is -0.496 e. The number of aryl methyl sites for hydroxylation is 2. The number of amides is 1. The third-order valence-corrected chi connectivity index (χ3v) is 3.79. The molecule has 5 heteroatoms. The third-order valence-electron chi connectivity index (χ3n) is 3.79. The van der Waals surface area contributed by atoms with Gasteiger partial charge >= 0.3 is 0 Å². The number of hydrogen-bond donors (Lipinski definition) is 1. The smallest absolute Gasteiger partial charge is 0.259 e. The SMILES string of the molecule is COc1cccc(OC)c1C(=O)NCc1cc(C)cc(C)c1OC. The van der Waals surface area contributed by atoms with Gasteiger partial charge in [-0.05, 0) is 31.5 Å². The Balaban J connectivity index is 2.27. The lowest BCUT2D eigenvalue weighted by molar-refractivity contribution is 0.0944. The molecule has 0 spiro atoms. The Morgan fingerprint density at radius 3 is 2.17 bits per heavy atom. The zero-order chi connectivity index (χ0) is 17.7. The highest BCUT2D eigenvalue weighted by Crippen LogP contribution is 2.29. The fourth-order valence-corrected chi connectivity index (χ4v) is 2.80. The molecule has 0 radical (unpaired) electrons. The maximum absolute atomic E-state index is 12.6. The van der Waals surface area contributed by atoms with E-state index in [4.69, 9.17) is 14.2 Å². The highest BCUT2D eigenvalue weighted by molar-refractivity contribution is 5.99. The van der Waals surface area contributed by atoms with Gasteiger partial charge < -0.3 is 19.5 Å². The zero-order valence-corrected chi connectivity index (χ0v) is 14.7. The second-order valence-electron chi connectivity index (χ2n) is 5.49. The highest BCUT2D eigenvalue weighted by Gasteiger charge is 2.18. The van der Waals surface area contributed by atoms with Gasteiger partial charge in [0.25, 0.3) is 5.91 Å². The van der Waals surface area contributed by atoms with Gasteiger partial charge in [0.05, 0.1) is 21.3 Å². The molecule has 1 N–H and O–H groups in total. The predicted molar refractivity (Wildman–Crippen MR) is 93.2 cm³/mol. The van der Waals surface area contributed by atoms with Crippen molar-refractivity contribution in [1.29, 1.82) is 0 Å². The van der Waals surface area contributed by atoms with Gasteiger partial charge in [-0.2, -0.15) is 0 Å². The summed E-state index contributed by atoms with van der Waals surface area (Å²) in [6.45, 7) is 4.35. The van der Waals surface area contributed by atoms with Crippen molar-refractivity contribution in [2.45, 2.75) is 20.4 Å². The first-order valence-corrected chi connectivity index (χ1v) is 7.65. The summed E-state index contributed by atoms with van der Waals surface area (Å²) in [5.41, 5.74) is 3.46. The van der Waals surface area contributed by atoms with Gasteiger partial charge in [0.2, 0.25) is 0 Å². The molecule has 5 nitrogen and oxygen atoms in total. The second-order valence-corrected chi connectivity index (χ2v) is 5.49. The molecule has 0 unspecified atom stereocenters. The van der Waals surface area contributed by atoms with Crippen molar-refractivity contribution < 1.29 is 19.0 Å². The summed E-state index contributed by atoms with van der Waals surface area (Å²) in [6, 6.07) is 9.30. The molecule has 0 atom stereocenters. The molecule has 0 bridgehead atoms. The fourth-order valence-electron chi connectivity index (χ4n) is 2.80. The summed E-state index contributed by atoms with van der Waals surface area (Å²) in [5.74, 6) is 1.47. The van der Waals surface area contributed by atoms with Crippen molar-refractivity contribution in [3.63, 3.8) is 0 Å². The van der Waals surface area contributed by atoms with Gasteiger partial charge in [-0.3, -0.25) is 4.79 Å². The molecule has 0 saturated carbocycles. The Hall–Kier alpha value is -2.69. The maximum atomic E-state index is 12.6. The molecule has 2 rings (SSSR count). The van der Waals surface area contributed by atoms with E-state index in [0.29, 0.717) is 23.6 Å². The van der Waals surface area contributed by atoms with Crippen LogP contribution in [0.15, 0.2) is 30.3 Å². The molecule has 0 fully saturated rings. The van der Waals surface area contributed by atoms with Crippen LogP contribution in [0.5, 0.6) is 17.2 Å². The van der Waals surface area contributed by atoms with Crippen molar-refractivity contribution in [3.8, 4) is 17.2 Å². The summed E-state index contributed by atoms with van der Waals surface area (Å²) >= 11 is 0. The first kappa shape index (κ1) is 17.7. The van der Waals surface area contributed by atoms with Crippen LogP contribution in [0.3, 0.4) is 0 Å². The molecule has 2 aromatic carbocycles. The lowest BCUT2D eigenvalue weighted by Gasteiger charge is -2.15. The number of carbonyl (C=O) groups excluding carboxylic acids is 1. The highest BCUT2D eigenvalue weighted by atomic mass is 16.5. The molecule has 0 saturated heterocycles. The summed E-state index contributed by atoms with van der Waals surface area (Å²) in [7, 11) is 4.68. The normalized spacial score (nSPS) is 10.2. The Morgan fingerprint density at radius 2 is 1.62 bits per heavy atom. The molecule has 0 aliphatic carbocycles. The molecular weight excluding hydrogens is 306 g/mol. The van der Waals surface area contributed by atoms with Crippen LogP contribution in [0.1, 0.15) is 27.0 Å². The number of ether oxygens (including phenoxy) is 3. The van der Waals surface area contributed by atoms with E-state index in [-0.39, 0.29) is 5.91 Å². The Kier molecular flexibility index (Phi) is 5.68. The summed E-state index contributed by atoms with van der Waals surface area (Å²) < 4.78 is 16.0. The minimum atomic E-state index is -0.259. The van der Waals surface area contributed by atoms with E-state index in [0.717, 1.165) is 22.4 Å². The average molecular weight is 329 g/mol. The fraction of sp³-hybridized carbons (Fsp3) is 0.316. The molecule has 0 aliphatic rings. The van der Waals surface area contributed by atoms with Crippen LogP contribution in [-0.2, 0) is 6.54 Å².